The van der Waals surface area contributed by atoms with Gasteiger partial charge in [0.25, 0.3) is 10.0 Å². The average Bonchev–Trinajstić information content (AvgIpc) is 2.86. The van der Waals surface area contributed by atoms with E-state index >= 15 is 0 Å². The van der Waals surface area contributed by atoms with Gasteiger partial charge in [0.05, 0.1) is 23.0 Å². The number of hydrogen-bond donors (Lipinski definition) is 2. The van der Waals surface area contributed by atoms with Crippen molar-refractivity contribution in [1.29, 1.82) is 0 Å². The summed E-state index contributed by atoms with van der Waals surface area (Å²) in [5.41, 5.74) is 2.37. The van der Waals surface area contributed by atoms with Gasteiger partial charge in [0.1, 0.15) is 6.33 Å². The summed E-state index contributed by atoms with van der Waals surface area (Å²) in [6.07, 6.45) is 5.10. The topological polar surface area (TPSA) is 84.0 Å². The van der Waals surface area contributed by atoms with Gasteiger partial charge in [0.15, 0.2) is 0 Å². The van der Waals surface area contributed by atoms with Crippen LogP contribution in [0.3, 0.4) is 0 Å². The Bertz CT molecular complexity index is 701. The molecule has 98 valence electrons. The first-order valence-corrected chi connectivity index (χ1v) is 7.28. The molecule has 0 saturated heterocycles. The van der Waals surface area contributed by atoms with Crippen LogP contribution in [0.4, 0.5) is 11.4 Å². The largest absolute Gasteiger partial charge is 0.384 e. The fourth-order valence-corrected chi connectivity index (χ4v) is 3.06. The highest BCUT2D eigenvalue weighted by atomic mass is 32.2. The van der Waals surface area contributed by atoms with Crippen LogP contribution < -0.4 is 10.0 Å². The summed E-state index contributed by atoms with van der Waals surface area (Å²) in [5, 5.41) is 3.16. The lowest BCUT2D eigenvalue weighted by molar-refractivity contribution is 0.601. The molecule has 0 aliphatic carbocycles. The van der Waals surface area contributed by atoms with Gasteiger partial charge in [-0.2, -0.15) is 0 Å². The van der Waals surface area contributed by atoms with E-state index in [-0.39, 0.29) is 4.90 Å². The van der Waals surface area contributed by atoms with Gasteiger partial charge in [0, 0.05) is 12.2 Å². The molecule has 2 N–H and O–H groups in total. The summed E-state index contributed by atoms with van der Waals surface area (Å²) in [4.78, 5) is 7.77. The monoisotopic (exact) mass is 276 g/mol. The number of aromatic nitrogens is 2. The zero-order chi connectivity index (χ0) is 13.3. The van der Waals surface area contributed by atoms with Crippen molar-refractivity contribution in [3.05, 3.63) is 42.5 Å². The number of nitrogens with zero attached hydrogens (tertiary/aromatic N) is 2. The van der Waals surface area contributed by atoms with Gasteiger partial charge >= 0.3 is 0 Å². The van der Waals surface area contributed by atoms with Gasteiger partial charge in [-0.05, 0) is 24.1 Å². The van der Waals surface area contributed by atoms with Crippen LogP contribution in [0.2, 0.25) is 0 Å². The van der Waals surface area contributed by atoms with Crippen LogP contribution in [0.5, 0.6) is 0 Å². The second kappa shape index (κ2) is 4.51. The molecule has 0 fully saturated rings. The van der Waals surface area contributed by atoms with Gasteiger partial charge in [0.2, 0.25) is 0 Å². The van der Waals surface area contributed by atoms with Crippen LogP contribution in [-0.2, 0) is 16.4 Å². The SMILES string of the molecule is O=S(=O)(Nc1cncnc1)c1ccc2c(c1)NCC2. The molecule has 1 aliphatic rings. The van der Waals surface area contributed by atoms with Gasteiger partial charge in [-0.15, -0.1) is 0 Å². The molecule has 2 heterocycles. The molecular weight excluding hydrogens is 264 g/mol. The van der Waals surface area contributed by atoms with Crippen molar-refractivity contribution in [2.24, 2.45) is 0 Å². The van der Waals surface area contributed by atoms with Crippen molar-refractivity contribution in [3.63, 3.8) is 0 Å². The van der Waals surface area contributed by atoms with Gasteiger partial charge in [-0.1, -0.05) is 6.07 Å². The van der Waals surface area contributed by atoms with E-state index in [4.69, 9.17) is 0 Å². The number of sulfonamides is 1. The number of anilines is 2. The Kier molecular flexibility index (Phi) is 2.83. The highest BCUT2D eigenvalue weighted by Gasteiger charge is 2.18. The first-order valence-electron chi connectivity index (χ1n) is 5.80. The van der Waals surface area contributed by atoms with Crippen molar-refractivity contribution in [2.75, 3.05) is 16.6 Å². The predicted molar refractivity (Wildman–Crippen MR) is 71.5 cm³/mol. The van der Waals surface area contributed by atoms with E-state index in [1.807, 2.05) is 6.07 Å². The maximum Gasteiger partial charge on any atom is 0.262 e. The molecule has 0 spiro atoms. The Balaban J connectivity index is 1.92. The van der Waals surface area contributed by atoms with E-state index in [2.05, 4.69) is 20.0 Å². The molecule has 0 radical (unpaired) electrons. The molecule has 3 rings (SSSR count). The lowest BCUT2D eigenvalue weighted by Crippen LogP contribution is -2.13. The Morgan fingerprint density at radius 1 is 1.21 bits per heavy atom. The Morgan fingerprint density at radius 2 is 2.00 bits per heavy atom. The normalized spacial score (nSPS) is 13.7. The highest BCUT2D eigenvalue weighted by Crippen LogP contribution is 2.26. The average molecular weight is 276 g/mol. The molecular formula is C12H12N4O2S. The summed E-state index contributed by atoms with van der Waals surface area (Å²) in [7, 11) is -3.60. The molecule has 0 atom stereocenters. The maximum atomic E-state index is 12.2. The first-order chi connectivity index (χ1) is 9.15. The summed E-state index contributed by atoms with van der Waals surface area (Å²) in [6, 6.07) is 5.10. The summed E-state index contributed by atoms with van der Waals surface area (Å²) < 4.78 is 26.9. The van der Waals surface area contributed by atoms with E-state index in [1.54, 1.807) is 12.1 Å². The number of nitrogens with one attached hydrogen (secondary N) is 2. The van der Waals surface area contributed by atoms with Gasteiger partial charge in [-0.3, -0.25) is 4.72 Å². The molecule has 6 nitrogen and oxygen atoms in total. The van der Waals surface area contributed by atoms with Crippen molar-refractivity contribution in [2.45, 2.75) is 11.3 Å². The van der Waals surface area contributed by atoms with Crippen molar-refractivity contribution in [1.82, 2.24) is 9.97 Å². The third-order valence-electron chi connectivity index (χ3n) is 2.91. The quantitative estimate of drug-likeness (QED) is 0.881. The van der Waals surface area contributed by atoms with E-state index in [0.29, 0.717) is 5.69 Å². The van der Waals surface area contributed by atoms with Crippen molar-refractivity contribution in [3.8, 4) is 0 Å². The molecule has 0 amide bonds. The predicted octanol–water partition coefficient (Wildman–Crippen LogP) is 1.25. The molecule has 2 aromatic rings. The van der Waals surface area contributed by atoms with Gasteiger partial charge in [-0.25, -0.2) is 18.4 Å². The third-order valence-corrected chi connectivity index (χ3v) is 4.29. The Morgan fingerprint density at radius 3 is 2.79 bits per heavy atom. The van der Waals surface area contributed by atoms with E-state index in [9.17, 15) is 8.42 Å². The minimum atomic E-state index is -3.60. The maximum absolute atomic E-state index is 12.2. The molecule has 19 heavy (non-hydrogen) atoms. The number of hydrogen-bond acceptors (Lipinski definition) is 5. The van der Waals surface area contributed by atoms with Crippen molar-refractivity contribution >= 4 is 21.4 Å². The molecule has 0 unspecified atom stereocenters. The molecule has 7 heteroatoms. The summed E-state index contributed by atoms with van der Waals surface area (Å²) in [5.74, 6) is 0. The van der Waals surface area contributed by atoms with Crippen LogP contribution >= 0.6 is 0 Å². The fraction of sp³-hybridized carbons (Fsp3) is 0.167. The molecule has 0 saturated carbocycles. The Labute approximate surface area is 111 Å². The first kappa shape index (κ1) is 11.9. The second-order valence-electron chi connectivity index (χ2n) is 4.23. The summed E-state index contributed by atoms with van der Waals surface area (Å²) >= 11 is 0. The van der Waals surface area contributed by atoms with E-state index in [1.165, 1.54) is 18.7 Å². The number of fused-ring (bicyclic) bond motifs is 1. The minimum Gasteiger partial charge on any atom is -0.384 e. The van der Waals surface area contributed by atoms with E-state index < -0.39 is 10.0 Å². The fourth-order valence-electron chi connectivity index (χ4n) is 2.00. The molecule has 0 bridgehead atoms. The van der Waals surface area contributed by atoms with Crippen LogP contribution in [-0.4, -0.2) is 24.9 Å². The molecule has 1 aromatic carbocycles. The van der Waals surface area contributed by atoms with Crippen LogP contribution in [0.1, 0.15) is 5.56 Å². The smallest absolute Gasteiger partial charge is 0.262 e. The van der Waals surface area contributed by atoms with E-state index in [0.717, 1.165) is 24.2 Å². The van der Waals surface area contributed by atoms with Crippen molar-refractivity contribution < 1.29 is 8.42 Å². The zero-order valence-corrected chi connectivity index (χ0v) is 10.8. The van der Waals surface area contributed by atoms with Crippen LogP contribution in [0.25, 0.3) is 0 Å². The number of benzene rings is 1. The van der Waals surface area contributed by atoms with Crippen LogP contribution in [0.15, 0.2) is 41.8 Å². The molecule has 1 aliphatic heterocycles. The standard InChI is InChI=1S/C12H12N4O2S/c17-19(18,16-10-6-13-8-14-7-10)11-2-1-9-3-4-15-12(9)5-11/h1-2,5-8,15-16H,3-4H2. The summed E-state index contributed by atoms with van der Waals surface area (Å²) in [6.45, 7) is 0.846. The lowest BCUT2D eigenvalue weighted by Gasteiger charge is -2.08. The zero-order valence-electron chi connectivity index (χ0n) is 10.00. The highest BCUT2D eigenvalue weighted by molar-refractivity contribution is 7.92. The lowest BCUT2D eigenvalue weighted by atomic mass is 10.2. The Hall–Kier alpha value is -2.15. The minimum absolute atomic E-state index is 0.226. The third kappa shape index (κ3) is 2.37. The molecule has 1 aromatic heterocycles. The second-order valence-corrected chi connectivity index (χ2v) is 5.91. The van der Waals surface area contributed by atoms with Gasteiger partial charge < -0.3 is 5.32 Å². The van der Waals surface area contributed by atoms with Crippen LogP contribution in [0, 0.1) is 0 Å². The number of rotatable bonds is 3.